The van der Waals surface area contributed by atoms with E-state index in [9.17, 15) is 24.8 Å². The van der Waals surface area contributed by atoms with Crippen molar-refractivity contribution in [2.75, 3.05) is 13.7 Å². The number of hydrogen-bond donors (Lipinski definition) is 3. The number of nitrogens with one attached hydrogen (secondary N) is 2. The molecule has 4 atom stereocenters. The molecule has 5 fully saturated rings. The van der Waals surface area contributed by atoms with Crippen LogP contribution in [0.2, 0.25) is 0 Å². The van der Waals surface area contributed by atoms with Gasteiger partial charge in [0.05, 0.1) is 35.7 Å². The van der Waals surface area contributed by atoms with E-state index in [1.807, 2.05) is 0 Å². The minimum atomic E-state index is -0.811. The number of amides is 2. The number of fused-ring (bicyclic) bond motifs is 1. The Bertz CT molecular complexity index is 1200. The lowest BCUT2D eigenvalue weighted by Crippen LogP contribution is -2.46. The Balaban J connectivity index is 1.31. The number of rotatable bonds is 8. The van der Waals surface area contributed by atoms with Gasteiger partial charge in [-0.3, -0.25) is 14.4 Å². The summed E-state index contributed by atoms with van der Waals surface area (Å²) in [7, 11) is 1.45. The van der Waals surface area contributed by atoms with Crippen molar-refractivity contribution in [2.45, 2.75) is 65.5 Å². The van der Waals surface area contributed by atoms with Crippen molar-refractivity contribution in [3.8, 4) is 17.6 Å². The first-order valence-electron chi connectivity index (χ1n) is 13.5. The van der Waals surface area contributed by atoms with E-state index in [-0.39, 0.29) is 57.9 Å². The van der Waals surface area contributed by atoms with E-state index in [1.165, 1.54) is 13.2 Å². The maximum absolute atomic E-state index is 13.5. The second-order valence-electron chi connectivity index (χ2n) is 13.0. The van der Waals surface area contributed by atoms with Crippen molar-refractivity contribution in [1.82, 2.24) is 10.6 Å². The van der Waals surface area contributed by atoms with Crippen LogP contribution in [0.4, 0.5) is 0 Å². The zero-order valence-corrected chi connectivity index (χ0v) is 22.7. The lowest BCUT2D eigenvalue weighted by molar-refractivity contribution is -0.150. The van der Waals surface area contributed by atoms with Crippen LogP contribution < -0.4 is 20.1 Å². The Morgan fingerprint density at radius 3 is 2.32 bits per heavy atom. The minimum absolute atomic E-state index is 0.00389. The summed E-state index contributed by atoms with van der Waals surface area (Å²) >= 11 is 0. The van der Waals surface area contributed by atoms with E-state index >= 15 is 0 Å². The van der Waals surface area contributed by atoms with Gasteiger partial charge in [-0.05, 0) is 67.8 Å². The zero-order valence-electron chi connectivity index (χ0n) is 22.7. The van der Waals surface area contributed by atoms with Gasteiger partial charge in [0, 0.05) is 18.7 Å². The molecular formula is C29H37N3O6. The lowest BCUT2D eigenvalue weighted by atomic mass is 9.75. The molecule has 0 aromatic heterocycles. The van der Waals surface area contributed by atoms with Crippen LogP contribution in [0.25, 0.3) is 0 Å². The zero-order chi connectivity index (χ0) is 27.6. The summed E-state index contributed by atoms with van der Waals surface area (Å²) in [4.78, 5) is 38.2. The molecule has 9 heteroatoms. The predicted octanol–water partition coefficient (Wildman–Crippen LogP) is 3.36. The maximum atomic E-state index is 13.5. The molecule has 0 spiro atoms. The molecule has 9 nitrogen and oxygen atoms in total. The van der Waals surface area contributed by atoms with Gasteiger partial charge in [0.15, 0.2) is 0 Å². The summed E-state index contributed by atoms with van der Waals surface area (Å²) < 4.78 is 11.6. The molecular weight excluding hydrogens is 486 g/mol. The normalized spacial score (nSPS) is 34.4. The highest BCUT2D eigenvalue weighted by Gasteiger charge is 2.85. The smallest absolute Gasteiger partial charge is 0.309 e. The molecule has 0 aliphatic heterocycles. The second kappa shape index (κ2) is 9.18. The summed E-state index contributed by atoms with van der Waals surface area (Å²) in [5, 5.41) is 25.4. The molecule has 38 heavy (non-hydrogen) atoms. The van der Waals surface area contributed by atoms with E-state index in [4.69, 9.17) is 9.47 Å². The van der Waals surface area contributed by atoms with E-state index in [0.29, 0.717) is 55.9 Å². The van der Waals surface area contributed by atoms with Crippen LogP contribution in [0.3, 0.4) is 0 Å². The molecule has 2 unspecified atom stereocenters. The number of carboxylic acids is 1. The van der Waals surface area contributed by atoms with Gasteiger partial charge in [0.25, 0.3) is 5.91 Å². The van der Waals surface area contributed by atoms with Crippen LogP contribution in [0.15, 0.2) is 12.1 Å². The SMILES string of the molecule is COc1cc(C#N)c(O[C@H]2CC[C@@](C)(C(=O)O)CC2)cc1C(=O)N[C@@H]1[C@H]2C3C2[C@H]3[C@@H]1C(=O)NCC(C)(C)C. The average molecular weight is 524 g/mol. The van der Waals surface area contributed by atoms with E-state index in [2.05, 4.69) is 37.5 Å². The maximum Gasteiger partial charge on any atom is 0.309 e. The van der Waals surface area contributed by atoms with Crippen molar-refractivity contribution >= 4 is 17.8 Å². The monoisotopic (exact) mass is 523 g/mol. The quantitative estimate of drug-likeness (QED) is 0.475. The number of nitriles is 1. The molecule has 2 bridgehead atoms. The number of nitrogens with zero attached hydrogens (tertiary/aromatic N) is 1. The summed E-state index contributed by atoms with van der Waals surface area (Å²) in [6.07, 6.45) is 1.79. The first-order valence-corrected chi connectivity index (χ1v) is 13.5. The lowest BCUT2D eigenvalue weighted by Gasteiger charge is -2.34. The Morgan fingerprint density at radius 1 is 1.11 bits per heavy atom. The van der Waals surface area contributed by atoms with Gasteiger partial charge in [-0.25, -0.2) is 0 Å². The fourth-order valence-electron chi connectivity index (χ4n) is 6.63. The second-order valence-corrected chi connectivity index (χ2v) is 13.0. The van der Waals surface area contributed by atoms with Crippen LogP contribution in [-0.2, 0) is 9.59 Å². The molecule has 0 radical (unpaired) electrons. The summed E-state index contributed by atoms with van der Waals surface area (Å²) in [6.45, 7) is 8.53. The Morgan fingerprint density at radius 2 is 1.76 bits per heavy atom. The van der Waals surface area contributed by atoms with Crippen LogP contribution in [-0.4, -0.2) is 48.7 Å². The molecule has 3 N–H and O–H groups in total. The number of aliphatic carboxylic acids is 1. The molecule has 2 amide bonds. The topological polar surface area (TPSA) is 138 Å². The number of carboxylic acid groups (broad SMARTS) is 1. The van der Waals surface area contributed by atoms with E-state index in [1.54, 1.807) is 13.0 Å². The standard InChI is InChI=1S/C29H37N3O6/c1-28(2,3)13-31-26(34)23-21-19-20(21)22(19)24(23)32-25(33)16-11-17(14(12-30)10-18(16)37-5)38-15-6-8-29(4,9-7-15)27(35)36/h10-11,15,19-24H,6-9,13H2,1-5H3,(H,31,34)(H,32,33)(H,35,36)/t15-,19?,20?,21-,22-,23-,24+,29+/m0/s1. The third-order valence-electron chi connectivity index (χ3n) is 9.06. The molecule has 5 aliphatic rings. The molecule has 6 rings (SSSR count). The van der Waals surface area contributed by atoms with Crippen molar-refractivity contribution in [3.63, 3.8) is 0 Å². The third-order valence-corrected chi connectivity index (χ3v) is 9.06. The molecule has 5 saturated carbocycles. The van der Waals surface area contributed by atoms with Gasteiger partial charge < -0.3 is 25.2 Å². The fourth-order valence-corrected chi connectivity index (χ4v) is 6.63. The van der Waals surface area contributed by atoms with Gasteiger partial charge in [0.1, 0.15) is 17.6 Å². The molecule has 5 aliphatic carbocycles. The molecule has 0 heterocycles. The molecule has 1 aromatic rings. The van der Waals surface area contributed by atoms with Gasteiger partial charge >= 0.3 is 5.97 Å². The highest BCUT2D eigenvalue weighted by Crippen LogP contribution is 2.83. The van der Waals surface area contributed by atoms with Crippen molar-refractivity contribution in [1.29, 1.82) is 5.26 Å². The van der Waals surface area contributed by atoms with Gasteiger partial charge in [0.2, 0.25) is 5.91 Å². The summed E-state index contributed by atoms with van der Waals surface area (Å²) in [6, 6.07) is 4.93. The molecule has 1 aromatic carbocycles. The highest BCUT2D eigenvalue weighted by atomic mass is 16.5. The van der Waals surface area contributed by atoms with E-state index in [0.717, 1.165) is 0 Å². The number of ether oxygens (including phenoxy) is 2. The Labute approximate surface area is 223 Å². The number of hydrogen-bond acceptors (Lipinski definition) is 6. The Kier molecular flexibility index (Phi) is 6.36. The summed E-state index contributed by atoms with van der Waals surface area (Å²) in [5.74, 6) is 0.929. The van der Waals surface area contributed by atoms with E-state index < -0.39 is 11.4 Å². The highest BCUT2D eigenvalue weighted by molar-refractivity contribution is 5.98. The third kappa shape index (κ3) is 4.59. The van der Waals surface area contributed by atoms with Gasteiger partial charge in [-0.15, -0.1) is 0 Å². The van der Waals surface area contributed by atoms with Crippen LogP contribution >= 0.6 is 0 Å². The Hall–Kier alpha value is -3.28. The predicted molar refractivity (Wildman–Crippen MR) is 138 cm³/mol. The average Bonchev–Trinajstić information content (AvgIpc) is 3.71. The first kappa shape index (κ1) is 26.3. The number of carbonyl (C=O) groups is 3. The van der Waals surface area contributed by atoms with Crippen molar-refractivity contribution in [2.24, 2.45) is 40.4 Å². The van der Waals surface area contributed by atoms with Gasteiger partial charge in [-0.1, -0.05) is 20.8 Å². The largest absolute Gasteiger partial charge is 0.496 e. The minimum Gasteiger partial charge on any atom is -0.496 e. The van der Waals surface area contributed by atoms with Gasteiger partial charge in [-0.2, -0.15) is 5.26 Å². The molecule has 204 valence electrons. The van der Waals surface area contributed by atoms with Crippen molar-refractivity contribution < 1.29 is 29.0 Å². The van der Waals surface area contributed by atoms with Crippen molar-refractivity contribution in [3.05, 3.63) is 23.3 Å². The molecule has 0 saturated heterocycles. The van der Waals surface area contributed by atoms with Crippen LogP contribution in [0.5, 0.6) is 11.5 Å². The fraction of sp³-hybridized carbons (Fsp3) is 0.655. The number of benzene rings is 1. The van der Waals surface area contributed by atoms with Crippen LogP contribution in [0.1, 0.15) is 69.3 Å². The number of methoxy groups -OCH3 is 1. The first-order chi connectivity index (χ1) is 17.9. The van der Waals surface area contributed by atoms with Crippen LogP contribution in [0, 0.1) is 51.8 Å². The summed E-state index contributed by atoms with van der Waals surface area (Å²) in [5.41, 5.74) is -0.306. The number of carbonyl (C=O) groups excluding carboxylic acids is 2.